The van der Waals surface area contributed by atoms with Crippen LogP contribution in [-0.2, 0) is 6.42 Å². The van der Waals surface area contributed by atoms with Gasteiger partial charge in [-0.1, -0.05) is 42.5 Å². The highest BCUT2D eigenvalue weighted by atomic mass is 16.3. The van der Waals surface area contributed by atoms with Crippen molar-refractivity contribution < 1.29 is 9.90 Å². The Morgan fingerprint density at radius 3 is 2.45 bits per heavy atom. The molecule has 0 heterocycles. The molecule has 0 saturated heterocycles. The van der Waals surface area contributed by atoms with Crippen LogP contribution in [0, 0.1) is 0 Å². The summed E-state index contributed by atoms with van der Waals surface area (Å²) in [5, 5.41) is 13.6. The highest BCUT2D eigenvalue weighted by Gasteiger charge is 2.08. The standard InChI is InChI=1S/C16H16N2O2/c1-12(11-13-7-3-2-4-8-13)17-18-16(20)14-9-5-6-10-15(14)19/h2-10,19H,11H2,1H3,(H,18,20)/b17-12-. The SMILES string of the molecule is C/C(Cc1ccccc1)=N/NC(=O)c1ccccc1O. The van der Waals surface area contributed by atoms with Gasteiger partial charge in [0.05, 0.1) is 5.56 Å². The van der Waals surface area contributed by atoms with Crippen molar-refractivity contribution in [3.8, 4) is 5.75 Å². The van der Waals surface area contributed by atoms with Crippen molar-refractivity contribution in [3.63, 3.8) is 0 Å². The second-order valence-electron chi connectivity index (χ2n) is 4.47. The molecule has 0 fully saturated rings. The van der Waals surface area contributed by atoms with Gasteiger partial charge in [0.25, 0.3) is 5.91 Å². The second kappa shape index (κ2) is 6.52. The van der Waals surface area contributed by atoms with Crippen molar-refractivity contribution in [2.24, 2.45) is 5.10 Å². The molecule has 0 saturated carbocycles. The third kappa shape index (κ3) is 3.68. The number of nitrogens with zero attached hydrogens (tertiary/aromatic N) is 1. The average molecular weight is 268 g/mol. The van der Waals surface area contributed by atoms with E-state index in [-0.39, 0.29) is 11.3 Å². The summed E-state index contributed by atoms with van der Waals surface area (Å²) in [6.07, 6.45) is 0.669. The van der Waals surface area contributed by atoms with Crippen LogP contribution in [0.15, 0.2) is 59.7 Å². The lowest BCUT2D eigenvalue weighted by atomic mass is 10.1. The van der Waals surface area contributed by atoms with Gasteiger partial charge in [-0.05, 0) is 24.6 Å². The molecule has 4 nitrogen and oxygen atoms in total. The van der Waals surface area contributed by atoms with Crippen LogP contribution in [0.3, 0.4) is 0 Å². The lowest BCUT2D eigenvalue weighted by molar-refractivity contribution is 0.0952. The first-order valence-electron chi connectivity index (χ1n) is 6.32. The van der Waals surface area contributed by atoms with Gasteiger partial charge < -0.3 is 5.11 Å². The van der Waals surface area contributed by atoms with E-state index in [0.717, 1.165) is 11.3 Å². The topological polar surface area (TPSA) is 61.7 Å². The van der Waals surface area contributed by atoms with E-state index >= 15 is 0 Å². The lowest BCUT2D eigenvalue weighted by Gasteiger charge is -2.04. The predicted octanol–water partition coefficient (Wildman–Crippen LogP) is 2.74. The molecule has 2 rings (SSSR count). The maximum Gasteiger partial charge on any atom is 0.275 e. The van der Waals surface area contributed by atoms with Crippen LogP contribution in [0.5, 0.6) is 5.75 Å². The Balaban J connectivity index is 1.99. The summed E-state index contributed by atoms with van der Waals surface area (Å²) in [4.78, 5) is 11.8. The summed E-state index contributed by atoms with van der Waals surface area (Å²) in [5.41, 5.74) is 4.58. The fourth-order valence-electron chi connectivity index (χ4n) is 1.80. The molecule has 0 atom stereocenters. The number of hydrogen-bond acceptors (Lipinski definition) is 3. The summed E-state index contributed by atoms with van der Waals surface area (Å²) >= 11 is 0. The zero-order valence-electron chi connectivity index (χ0n) is 11.2. The normalized spacial score (nSPS) is 11.2. The van der Waals surface area contributed by atoms with E-state index in [9.17, 15) is 9.90 Å². The van der Waals surface area contributed by atoms with Crippen molar-refractivity contribution in [1.29, 1.82) is 0 Å². The quantitative estimate of drug-likeness (QED) is 0.661. The maximum atomic E-state index is 11.8. The van der Waals surface area contributed by atoms with E-state index in [4.69, 9.17) is 0 Å². The van der Waals surface area contributed by atoms with Gasteiger partial charge in [0.1, 0.15) is 5.75 Å². The second-order valence-corrected chi connectivity index (χ2v) is 4.47. The third-order valence-corrected chi connectivity index (χ3v) is 2.80. The summed E-state index contributed by atoms with van der Waals surface area (Å²) in [7, 11) is 0. The van der Waals surface area contributed by atoms with Crippen LogP contribution in [0.2, 0.25) is 0 Å². The molecule has 0 bridgehead atoms. The van der Waals surface area contributed by atoms with E-state index < -0.39 is 5.91 Å². The molecule has 0 aliphatic heterocycles. The lowest BCUT2D eigenvalue weighted by Crippen LogP contribution is -2.19. The predicted molar refractivity (Wildman–Crippen MR) is 78.8 cm³/mol. The number of hydrogen-bond donors (Lipinski definition) is 2. The van der Waals surface area contributed by atoms with E-state index in [1.807, 2.05) is 37.3 Å². The van der Waals surface area contributed by atoms with Gasteiger partial charge in [-0.25, -0.2) is 5.43 Å². The van der Waals surface area contributed by atoms with Crippen molar-refractivity contribution in [1.82, 2.24) is 5.43 Å². The van der Waals surface area contributed by atoms with Crippen LogP contribution in [-0.4, -0.2) is 16.7 Å². The van der Waals surface area contributed by atoms with Gasteiger partial charge in [-0.3, -0.25) is 4.79 Å². The van der Waals surface area contributed by atoms with Crippen molar-refractivity contribution >= 4 is 11.6 Å². The first-order chi connectivity index (χ1) is 9.66. The summed E-state index contributed by atoms with van der Waals surface area (Å²) < 4.78 is 0. The molecule has 2 N–H and O–H groups in total. The zero-order chi connectivity index (χ0) is 14.4. The van der Waals surface area contributed by atoms with Crippen LogP contribution >= 0.6 is 0 Å². The molecule has 0 aliphatic carbocycles. The fraction of sp³-hybridized carbons (Fsp3) is 0.125. The zero-order valence-corrected chi connectivity index (χ0v) is 11.2. The highest BCUT2D eigenvalue weighted by Crippen LogP contribution is 2.14. The number of rotatable bonds is 4. The molecular weight excluding hydrogens is 252 g/mol. The number of nitrogens with one attached hydrogen (secondary N) is 1. The Hall–Kier alpha value is -2.62. The molecule has 0 spiro atoms. The van der Waals surface area contributed by atoms with Gasteiger partial charge in [-0.15, -0.1) is 0 Å². The Kier molecular flexibility index (Phi) is 4.50. The summed E-state index contributed by atoms with van der Waals surface area (Å²) in [6, 6.07) is 16.3. The van der Waals surface area contributed by atoms with Crippen molar-refractivity contribution in [2.45, 2.75) is 13.3 Å². The number of carbonyl (C=O) groups is 1. The monoisotopic (exact) mass is 268 g/mol. The fourth-order valence-corrected chi connectivity index (χ4v) is 1.80. The van der Waals surface area contributed by atoms with Crippen LogP contribution in [0.25, 0.3) is 0 Å². The number of hydrazone groups is 1. The van der Waals surface area contributed by atoms with E-state index in [2.05, 4.69) is 10.5 Å². The van der Waals surface area contributed by atoms with E-state index in [0.29, 0.717) is 6.42 Å². The van der Waals surface area contributed by atoms with Gasteiger partial charge in [0.15, 0.2) is 0 Å². The number of amides is 1. The maximum absolute atomic E-state index is 11.8. The molecule has 20 heavy (non-hydrogen) atoms. The summed E-state index contributed by atoms with van der Waals surface area (Å²) in [6.45, 7) is 1.85. The number of phenols is 1. The minimum atomic E-state index is -0.421. The number of phenolic OH excluding ortho intramolecular Hbond substituents is 1. The summed E-state index contributed by atoms with van der Waals surface area (Å²) in [5.74, 6) is -0.476. The minimum Gasteiger partial charge on any atom is -0.507 e. The molecule has 0 unspecified atom stereocenters. The number of carbonyl (C=O) groups excluding carboxylic acids is 1. The third-order valence-electron chi connectivity index (χ3n) is 2.80. The van der Waals surface area contributed by atoms with Crippen LogP contribution in [0.4, 0.5) is 0 Å². The number of para-hydroxylation sites is 1. The molecule has 2 aromatic carbocycles. The average Bonchev–Trinajstić information content (AvgIpc) is 2.46. The first-order valence-corrected chi connectivity index (χ1v) is 6.32. The molecule has 2 aromatic rings. The van der Waals surface area contributed by atoms with E-state index in [1.165, 1.54) is 6.07 Å². The molecule has 102 valence electrons. The number of aromatic hydroxyl groups is 1. The molecular formula is C16H16N2O2. The molecule has 0 aromatic heterocycles. The molecule has 0 radical (unpaired) electrons. The van der Waals surface area contributed by atoms with Crippen molar-refractivity contribution in [3.05, 3.63) is 65.7 Å². The Labute approximate surface area is 117 Å². The van der Waals surface area contributed by atoms with Gasteiger partial charge in [0, 0.05) is 12.1 Å². The molecule has 1 amide bonds. The number of benzene rings is 2. The van der Waals surface area contributed by atoms with Gasteiger partial charge in [-0.2, -0.15) is 5.10 Å². The van der Waals surface area contributed by atoms with Crippen LogP contribution in [0.1, 0.15) is 22.8 Å². The smallest absolute Gasteiger partial charge is 0.275 e. The van der Waals surface area contributed by atoms with Crippen LogP contribution < -0.4 is 5.43 Å². The first kappa shape index (κ1) is 13.8. The van der Waals surface area contributed by atoms with Crippen molar-refractivity contribution in [2.75, 3.05) is 0 Å². The highest BCUT2D eigenvalue weighted by molar-refractivity contribution is 5.97. The van der Waals surface area contributed by atoms with Gasteiger partial charge >= 0.3 is 0 Å². The molecule has 4 heteroatoms. The largest absolute Gasteiger partial charge is 0.507 e. The minimum absolute atomic E-state index is 0.0547. The Morgan fingerprint density at radius 1 is 1.10 bits per heavy atom. The van der Waals surface area contributed by atoms with Gasteiger partial charge in [0.2, 0.25) is 0 Å². The van der Waals surface area contributed by atoms with E-state index in [1.54, 1.807) is 18.2 Å². The Bertz CT molecular complexity index is 621. The molecule has 0 aliphatic rings. The Morgan fingerprint density at radius 2 is 1.75 bits per heavy atom.